The number of hydrogen-bond acceptors (Lipinski definition) is 3. The van der Waals surface area contributed by atoms with E-state index in [1.54, 1.807) is 35.0 Å². The highest BCUT2D eigenvalue weighted by Gasteiger charge is 2.15. The highest BCUT2D eigenvalue weighted by molar-refractivity contribution is 5.96. The van der Waals surface area contributed by atoms with Crippen LogP contribution in [0.1, 0.15) is 65.9 Å². The van der Waals surface area contributed by atoms with E-state index in [4.69, 9.17) is 0 Å². The zero-order chi connectivity index (χ0) is 23.1. The fourth-order valence-electron chi connectivity index (χ4n) is 3.55. The molecule has 0 bridgehead atoms. The summed E-state index contributed by atoms with van der Waals surface area (Å²) in [6, 6.07) is 14.3. The van der Waals surface area contributed by atoms with Crippen LogP contribution >= 0.6 is 0 Å². The maximum absolute atomic E-state index is 13.0. The number of allylic oxidation sites excluding steroid dienone is 1. The Hall–Kier alpha value is -3.67. The van der Waals surface area contributed by atoms with Crippen molar-refractivity contribution >= 4 is 18.0 Å². The second-order valence-electron chi connectivity index (χ2n) is 7.65. The second-order valence-corrected chi connectivity index (χ2v) is 7.65. The van der Waals surface area contributed by atoms with Crippen molar-refractivity contribution in [2.75, 3.05) is 0 Å². The normalized spacial score (nSPS) is 11.2. The van der Waals surface area contributed by atoms with Gasteiger partial charge in [-0.25, -0.2) is 14.2 Å². The van der Waals surface area contributed by atoms with Gasteiger partial charge in [0.15, 0.2) is 0 Å². The quantitative estimate of drug-likeness (QED) is 0.496. The summed E-state index contributed by atoms with van der Waals surface area (Å²) in [6.07, 6.45) is 8.23. The Morgan fingerprint density at radius 1 is 1.03 bits per heavy atom. The van der Waals surface area contributed by atoms with Crippen LogP contribution in [-0.4, -0.2) is 26.1 Å². The lowest BCUT2D eigenvalue weighted by Gasteiger charge is -2.09. The van der Waals surface area contributed by atoms with Crippen LogP contribution in [0.3, 0.4) is 0 Å². The summed E-state index contributed by atoms with van der Waals surface area (Å²) in [5.74, 6) is -1.17. The number of carboxylic acid groups (broad SMARTS) is 1. The third kappa shape index (κ3) is 5.14. The smallest absolute Gasteiger partial charge is 0.336 e. The predicted molar refractivity (Wildman–Crippen MR) is 126 cm³/mol. The molecule has 0 unspecified atom stereocenters. The minimum Gasteiger partial charge on any atom is -0.478 e. The van der Waals surface area contributed by atoms with Gasteiger partial charge in [0.2, 0.25) is 5.91 Å². The van der Waals surface area contributed by atoms with E-state index in [1.807, 2.05) is 50.3 Å². The van der Waals surface area contributed by atoms with Crippen molar-refractivity contribution in [3.8, 4) is 11.1 Å². The molecule has 0 fully saturated rings. The second kappa shape index (κ2) is 10.6. The number of aromatic carboxylic acids is 1. The summed E-state index contributed by atoms with van der Waals surface area (Å²) >= 11 is 0. The SMILES string of the molecule is CCC=Cc1cn(C(=O)CCCC)c(=O)n1Cc1ccc(-c2ccccc2C(=O)O)cc1. The standard InChI is InChI=1S/C26H28N2O4/c1-3-5-9-21-18-28(24(29)12-6-4-2)26(32)27(21)17-19-13-15-20(16-14-19)22-10-7-8-11-23(22)25(30)31/h5,7-11,13-16,18H,3-4,6,12,17H2,1-2H3,(H,30,31). The van der Waals surface area contributed by atoms with Crippen molar-refractivity contribution in [2.45, 2.75) is 46.1 Å². The molecule has 1 heterocycles. The molecule has 32 heavy (non-hydrogen) atoms. The van der Waals surface area contributed by atoms with Crippen molar-refractivity contribution in [1.82, 2.24) is 9.13 Å². The average molecular weight is 433 g/mol. The summed E-state index contributed by atoms with van der Waals surface area (Å²) in [5.41, 5.74) is 2.89. The first kappa shape index (κ1) is 23.0. The molecule has 3 aromatic rings. The lowest BCUT2D eigenvalue weighted by molar-refractivity contribution is 0.0697. The van der Waals surface area contributed by atoms with Gasteiger partial charge in [-0.1, -0.05) is 68.8 Å². The Kier molecular flexibility index (Phi) is 7.60. The van der Waals surface area contributed by atoms with Gasteiger partial charge in [0.25, 0.3) is 0 Å². The van der Waals surface area contributed by atoms with Crippen LogP contribution in [0, 0.1) is 0 Å². The van der Waals surface area contributed by atoms with E-state index in [0.717, 1.165) is 30.4 Å². The molecule has 0 aliphatic rings. The van der Waals surface area contributed by atoms with E-state index in [0.29, 0.717) is 24.2 Å². The molecule has 0 atom stereocenters. The molecular formula is C26H28N2O4. The first-order chi connectivity index (χ1) is 15.5. The monoisotopic (exact) mass is 432 g/mol. The van der Waals surface area contributed by atoms with E-state index in [-0.39, 0.29) is 17.2 Å². The molecule has 0 amide bonds. The molecule has 0 aliphatic heterocycles. The summed E-state index contributed by atoms with van der Waals surface area (Å²) in [4.78, 5) is 37.0. The van der Waals surface area contributed by atoms with Crippen molar-refractivity contribution in [1.29, 1.82) is 0 Å². The van der Waals surface area contributed by atoms with Crippen molar-refractivity contribution in [2.24, 2.45) is 0 Å². The Labute approximate surface area is 187 Å². The van der Waals surface area contributed by atoms with Gasteiger partial charge in [-0.2, -0.15) is 0 Å². The maximum atomic E-state index is 13.0. The van der Waals surface area contributed by atoms with Crippen LogP contribution in [0.15, 0.2) is 65.6 Å². The Bertz CT molecular complexity index is 1180. The molecule has 166 valence electrons. The number of aromatic nitrogens is 2. The van der Waals surface area contributed by atoms with Crippen molar-refractivity contribution in [3.05, 3.63) is 88.1 Å². The van der Waals surface area contributed by atoms with Crippen LogP contribution in [0.25, 0.3) is 17.2 Å². The van der Waals surface area contributed by atoms with Gasteiger partial charge in [-0.05, 0) is 41.7 Å². The topological polar surface area (TPSA) is 81.3 Å². The van der Waals surface area contributed by atoms with E-state index in [1.165, 1.54) is 4.57 Å². The molecule has 3 rings (SSSR count). The molecule has 0 aliphatic carbocycles. The molecule has 0 saturated heterocycles. The van der Waals surface area contributed by atoms with Gasteiger partial charge in [0, 0.05) is 12.6 Å². The molecule has 0 spiro atoms. The number of benzene rings is 2. The van der Waals surface area contributed by atoms with Crippen LogP contribution in [0.4, 0.5) is 0 Å². The molecule has 0 saturated carbocycles. The van der Waals surface area contributed by atoms with E-state index in [9.17, 15) is 19.5 Å². The van der Waals surface area contributed by atoms with Gasteiger partial charge in [-0.15, -0.1) is 0 Å². The van der Waals surface area contributed by atoms with Gasteiger partial charge >= 0.3 is 11.7 Å². The Balaban J connectivity index is 1.92. The predicted octanol–water partition coefficient (Wildman–Crippen LogP) is 5.32. The zero-order valence-electron chi connectivity index (χ0n) is 18.5. The number of unbranched alkanes of at least 4 members (excludes halogenated alkanes) is 1. The van der Waals surface area contributed by atoms with E-state index in [2.05, 4.69) is 0 Å². The third-order valence-electron chi connectivity index (χ3n) is 5.31. The van der Waals surface area contributed by atoms with E-state index >= 15 is 0 Å². The number of imidazole rings is 1. The average Bonchev–Trinajstić information content (AvgIpc) is 3.11. The number of carbonyl (C=O) groups excluding carboxylic acids is 1. The van der Waals surface area contributed by atoms with Crippen molar-refractivity contribution < 1.29 is 14.7 Å². The number of nitrogens with zero attached hydrogens (tertiary/aromatic N) is 2. The maximum Gasteiger partial charge on any atom is 0.336 e. The van der Waals surface area contributed by atoms with Gasteiger partial charge < -0.3 is 5.11 Å². The molecule has 1 N–H and O–H groups in total. The first-order valence-electron chi connectivity index (χ1n) is 10.9. The number of hydrogen-bond donors (Lipinski definition) is 1. The Morgan fingerprint density at radius 2 is 1.75 bits per heavy atom. The molecule has 6 nitrogen and oxygen atoms in total. The van der Waals surface area contributed by atoms with Crippen LogP contribution < -0.4 is 5.69 Å². The minimum atomic E-state index is -0.974. The van der Waals surface area contributed by atoms with Crippen LogP contribution in [0.2, 0.25) is 0 Å². The minimum absolute atomic E-state index is 0.192. The van der Waals surface area contributed by atoms with Gasteiger partial charge in [0.05, 0.1) is 17.8 Å². The summed E-state index contributed by atoms with van der Waals surface area (Å²) in [7, 11) is 0. The molecular weight excluding hydrogens is 404 g/mol. The fourth-order valence-corrected chi connectivity index (χ4v) is 3.55. The fraction of sp³-hybridized carbons (Fsp3) is 0.269. The lowest BCUT2D eigenvalue weighted by atomic mass is 9.99. The third-order valence-corrected chi connectivity index (χ3v) is 5.31. The summed E-state index contributed by atoms with van der Waals surface area (Å²) < 4.78 is 2.80. The summed E-state index contributed by atoms with van der Waals surface area (Å²) in [5, 5.41) is 9.44. The number of rotatable bonds is 9. The lowest BCUT2D eigenvalue weighted by Crippen LogP contribution is -2.29. The number of carbonyl (C=O) groups is 2. The van der Waals surface area contributed by atoms with E-state index < -0.39 is 5.97 Å². The molecule has 1 aromatic heterocycles. The molecule has 2 aromatic carbocycles. The Morgan fingerprint density at radius 3 is 2.41 bits per heavy atom. The highest BCUT2D eigenvalue weighted by atomic mass is 16.4. The van der Waals surface area contributed by atoms with Crippen molar-refractivity contribution in [3.63, 3.8) is 0 Å². The van der Waals surface area contributed by atoms with Gasteiger partial charge in [-0.3, -0.25) is 9.36 Å². The van der Waals surface area contributed by atoms with Gasteiger partial charge in [0.1, 0.15) is 0 Å². The first-order valence-corrected chi connectivity index (χ1v) is 10.9. The molecule has 6 heteroatoms. The highest BCUT2D eigenvalue weighted by Crippen LogP contribution is 2.24. The van der Waals surface area contributed by atoms with Crippen LogP contribution in [-0.2, 0) is 6.54 Å². The zero-order valence-corrected chi connectivity index (χ0v) is 18.5. The van der Waals surface area contributed by atoms with Crippen LogP contribution in [0.5, 0.6) is 0 Å². The molecule has 0 radical (unpaired) electrons. The summed E-state index contributed by atoms with van der Waals surface area (Å²) in [6.45, 7) is 4.34. The largest absolute Gasteiger partial charge is 0.478 e. The number of carboxylic acids is 1.